The van der Waals surface area contributed by atoms with Gasteiger partial charge in [-0.15, -0.1) is 0 Å². The van der Waals surface area contributed by atoms with Crippen molar-refractivity contribution in [1.82, 2.24) is 0 Å². The van der Waals surface area contributed by atoms with Crippen LogP contribution in [0.3, 0.4) is 0 Å². The first kappa shape index (κ1) is 14.4. The monoisotopic (exact) mass is 291 g/mol. The predicted octanol–water partition coefficient (Wildman–Crippen LogP) is 1.99. The Morgan fingerprint density at radius 2 is 1.65 bits per heavy atom. The summed E-state index contributed by atoms with van der Waals surface area (Å²) in [5.74, 6) is 0. The lowest BCUT2D eigenvalue weighted by Gasteiger charge is -2.23. The van der Waals surface area contributed by atoms with E-state index in [-0.39, 0.29) is 16.8 Å². The third-order valence-corrected chi connectivity index (χ3v) is 4.90. The van der Waals surface area contributed by atoms with Crippen LogP contribution in [0.5, 0.6) is 0 Å². The number of nitrogens with zero attached hydrogens (tertiary/aromatic N) is 1. The molecule has 0 heterocycles. The molecule has 0 spiro atoms. The lowest BCUT2D eigenvalue weighted by Crippen LogP contribution is -2.18. The van der Waals surface area contributed by atoms with Crippen LogP contribution < -0.4 is 10.2 Å². The van der Waals surface area contributed by atoms with Gasteiger partial charge in [0.05, 0.1) is 4.91 Å². The fourth-order valence-electron chi connectivity index (χ4n) is 1.85. The molecule has 0 aliphatic carbocycles. The first-order valence-corrected chi connectivity index (χ1v) is 7.91. The van der Waals surface area contributed by atoms with Crippen molar-refractivity contribution in [2.45, 2.75) is 6.42 Å². The maximum Gasteiger partial charge on any atom is 0.316 e. The second-order valence-corrected chi connectivity index (χ2v) is 6.73. The van der Waals surface area contributed by atoms with Crippen molar-refractivity contribution < 1.29 is 19.6 Å². The van der Waals surface area contributed by atoms with E-state index in [1.165, 1.54) is 12.1 Å². The number of rotatable bonds is 5. The lowest BCUT2D eigenvalue weighted by atomic mass is 10.1. The van der Waals surface area contributed by atoms with Crippen molar-refractivity contribution in [3.8, 4) is 0 Å². The zero-order valence-electron chi connectivity index (χ0n) is 10.7. The Bertz CT molecular complexity index is 640. The molecule has 104 valence electrons. The minimum absolute atomic E-state index is 0.0244. The van der Waals surface area contributed by atoms with Crippen molar-refractivity contribution >= 4 is 18.4 Å². The van der Waals surface area contributed by atoms with Crippen LogP contribution in [0.15, 0.2) is 54.6 Å². The van der Waals surface area contributed by atoms with Gasteiger partial charge in [0.25, 0.3) is 4.92 Å². The molecule has 0 amide bonds. The molecule has 0 radical (unpaired) electrons. The molecular weight excluding hydrogens is 277 g/mol. The zero-order chi connectivity index (χ0) is 14.6. The highest BCUT2D eigenvalue weighted by molar-refractivity contribution is 7.64. The normalized spacial score (nSPS) is 13.7. The van der Waals surface area contributed by atoms with Gasteiger partial charge >= 0.3 is 5.69 Å². The Morgan fingerprint density at radius 3 is 2.20 bits per heavy atom. The minimum atomic E-state index is -3.61. The molecule has 2 aromatic carbocycles. The summed E-state index contributed by atoms with van der Waals surface area (Å²) < 4.78 is 12.1. The highest BCUT2D eigenvalue weighted by Gasteiger charge is 2.13. The zero-order valence-corrected chi connectivity index (χ0v) is 11.6. The summed E-state index contributed by atoms with van der Waals surface area (Å²) in [6.45, 7) is 0. The Hall–Kier alpha value is -1.97. The Morgan fingerprint density at radius 1 is 1.05 bits per heavy atom. The van der Waals surface area contributed by atoms with Crippen molar-refractivity contribution in [2.24, 2.45) is 0 Å². The second-order valence-electron chi connectivity index (χ2n) is 4.42. The summed E-state index contributed by atoms with van der Waals surface area (Å²) in [5, 5.41) is 9.04. The molecule has 6 heteroatoms. The molecule has 1 atom stereocenters. The van der Waals surface area contributed by atoms with Gasteiger partial charge in [0, 0.05) is 19.5 Å². The van der Waals surface area contributed by atoms with E-state index in [0.29, 0.717) is 11.7 Å². The average Bonchev–Trinajstić information content (AvgIpc) is 2.46. The predicted molar refractivity (Wildman–Crippen MR) is 73.8 cm³/mol. The molecule has 0 aliphatic heterocycles. The van der Waals surface area contributed by atoms with Crippen LogP contribution >= 0.6 is 7.37 Å². The van der Waals surface area contributed by atoms with Crippen LogP contribution in [0.1, 0.15) is 5.56 Å². The Balaban J connectivity index is 2.05. The third-order valence-electron chi connectivity index (χ3n) is 3.00. The van der Waals surface area contributed by atoms with Crippen LogP contribution in [0.4, 0.5) is 5.69 Å². The fourth-order valence-corrected chi connectivity index (χ4v) is 3.29. The topological polar surface area (TPSA) is 80.4 Å². The van der Waals surface area contributed by atoms with Gasteiger partial charge in [-0.3, -0.25) is 0 Å². The number of benzene rings is 2. The summed E-state index contributed by atoms with van der Waals surface area (Å²) in [7, 11) is -3.61. The van der Waals surface area contributed by atoms with Gasteiger partial charge in [-0.05, 0) is 23.5 Å². The minimum Gasteiger partial charge on any atom is -0.796 e. The smallest absolute Gasteiger partial charge is 0.316 e. The van der Waals surface area contributed by atoms with E-state index < -0.39 is 7.37 Å². The van der Waals surface area contributed by atoms with E-state index in [2.05, 4.69) is 0 Å². The van der Waals surface area contributed by atoms with Gasteiger partial charge in [0.2, 0.25) is 0 Å². The van der Waals surface area contributed by atoms with E-state index in [1.54, 1.807) is 42.5 Å². The molecule has 1 N–H and O–H groups in total. The Labute approximate surface area is 116 Å². The van der Waals surface area contributed by atoms with E-state index in [0.717, 1.165) is 5.56 Å². The summed E-state index contributed by atoms with van der Waals surface area (Å²) in [4.78, 5) is 22.5. The first-order chi connectivity index (χ1) is 9.49. The van der Waals surface area contributed by atoms with Gasteiger partial charge < -0.3 is 9.46 Å². The molecule has 2 rings (SSSR count). The highest BCUT2D eigenvalue weighted by Crippen LogP contribution is 2.34. The van der Waals surface area contributed by atoms with Crippen molar-refractivity contribution in [2.75, 3.05) is 6.16 Å². The Kier molecular flexibility index (Phi) is 4.32. The van der Waals surface area contributed by atoms with Crippen LogP contribution in [0.2, 0.25) is 0 Å². The lowest BCUT2D eigenvalue weighted by molar-refractivity contribution is -0.729. The molecule has 0 saturated carbocycles. The molecule has 0 fully saturated rings. The van der Waals surface area contributed by atoms with Crippen LogP contribution in [0.25, 0.3) is 0 Å². The van der Waals surface area contributed by atoms with Gasteiger partial charge in [0.15, 0.2) is 0 Å². The maximum absolute atomic E-state index is 12.1. The van der Waals surface area contributed by atoms with Gasteiger partial charge in [-0.1, -0.05) is 42.5 Å². The molecule has 0 bridgehead atoms. The van der Waals surface area contributed by atoms with Gasteiger partial charge in [-0.2, -0.15) is 0 Å². The summed E-state index contributed by atoms with van der Waals surface area (Å²) in [5.41, 5.74) is 0.907. The maximum atomic E-state index is 12.1. The standard InChI is InChI=1S/C14H14NO4P/c16-15(17)13-8-6-12(7-9-13)10-11-20(18,19)14-4-2-1-3-5-14/h1-9H,10-11H2,(H-,16,17,18,19). The van der Waals surface area contributed by atoms with Crippen LogP contribution in [0, 0.1) is 4.91 Å². The van der Waals surface area contributed by atoms with Gasteiger partial charge in [-0.25, -0.2) is 5.21 Å². The van der Waals surface area contributed by atoms with Crippen LogP contribution in [-0.2, 0) is 11.0 Å². The van der Waals surface area contributed by atoms with Crippen molar-refractivity contribution in [3.05, 3.63) is 65.1 Å². The molecule has 0 aromatic heterocycles. The number of hydrogen-bond acceptors (Lipinski definition) is 3. The summed E-state index contributed by atoms with van der Waals surface area (Å²) in [6, 6.07) is 14.5. The van der Waals surface area contributed by atoms with E-state index in [9.17, 15) is 14.4 Å². The van der Waals surface area contributed by atoms with Gasteiger partial charge in [0.1, 0.15) is 0 Å². The largest absolute Gasteiger partial charge is 0.796 e. The number of aryl methyl sites for hydroxylation is 1. The second kappa shape index (κ2) is 5.99. The number of hydrogen-bond donors (Lipinski definition) is 1. The molecule has 2 aromatic rings. The quantitative estimate of drug-likeness (QED) is 0.675. The molecule has 1 unspecified atom stereocenters. The molecule has 5 nitrogen and oxygen atoms in total. The third kappa shape index (κ3) is 3.53. The highest BCUT2D eigenvalue weighted by atomic mass is 31.2. The molecule has 0 saturated heterocycles. The van der Waals surface area contributed by atoms with Crippen molar-refractivity contribution in [1.29, 1.82) is 0 Å². The SMILES string of the molecule is O=[N+](O)c1ccc(CCP(=O)([O-])c2ccccc2)cc1. The average molecular weight is 291 g/mol. The first-order valence-electron chi connectivity index (χ1n) is 6.10. The van der Waals surface area contributed by atoms with E-state index >= 15 is 0 Å². The van der Waals surface area contributed by atoms with E-state index in [4.69, 9.17) is 5.21 Å². The summed E-state index contributed by atoms with van der Waals surface area (Å²) in [6.07, 6.45) is 0.386. The molecular formula is C14H14NO4P. The fraction of sp³-hybridized carbons (Fsp3) is 0.143. The molecule has 20 heavy (non-hydrogen) atoms. The molecule has 0 aliphatic rings. The summed E-state index contributed by atoms with van der Waals surface area (Å²) >= 11 is 0. The van der Waals surface area contributed by atoms with Crippen LogP contribution in [-0.4, -0.2) is 16.3 Å². The van der Waals surface area contributed by atoms with Crippen molar-refractivity contribution in [3.63, 3.8) is 0 Å². The van der Waals surface area contributed by atoms with E-state index in [1.807, 2.05) is 0 Å².